The lowest BCUT2D eigenvalue weighted by molar-refractivity contribution is -0.144. The van der Waals surface area contributed by atoms with Gasteiger partial charge in [-0.1, -0.05) is 6.42 Å². The van der Waals surface area contributed by atoms with Gasteiger partial charge in [0.05, 0.1) is 13.2 Å². The zero-order chi connectivity index (χ0) is 24.2. The van der Waals surface area contributed by atoms with Crippen molar-refractivity contribution < 1.29 is 28.7 Å². The van der Waals surface area contributed by atoms with E-state index in [4.69, 9.17) is 9.47 Å². The van der Waals surface area contributed by atoms with Gasteiger partial charge in [-0.05, 0) is 68.7 Å². The zero-order valence-electron chi connectivity index (χ0n) is 19.7. The fourth-order valence-electron chi connectivity index (χ4n) is 5.60. The summed E-state index contributed by atoms with van der Waals surface area (Å²) < 4.78 is 11.0. The number of nitrogens with zero attached hydrogens (tertiary/aromatic N) is 1. The van der Waals surface area contributed by atoms with Crippen molar-refractivity contribution in [1.29, 1.82) is 0 Å². The van der Waals surface area contributed by atoms with Crippen LogP contribution in [0.25, 0.3) is 0 Å². The molecule has 3 unspecified atom stereocenters. The maximum absolute atomic E-state index is 13.4. The molecule has 2 N–H and O–H groups in total. The molecule has 1 aliphatic carbocycles. The molecule has 184 valence electrons. The smallest absolute Gasteiger partial charge is 0.264 e. The van der Waals surface area contributed by atoms with Crippen LogP contribution in [0.3, 0.4) is 0 Å². The van der Waals surface area contributed by atoms with Crippen molar-refractivity contribution in [3.63, 3.8) is 0 Å². The van der Waals surface area contributed by atoms with Gasteiger partial charge in [-0.25, -0.2) is 0 Å². The number of nitrogens with one attached hydrogen (secondary N) is 2. The van der Waals surface area contributed by atoms with Crippen molar-refractivity contribution in [2.45, 2.75) is 57.2 Å². The molecular formula is C25H33N3O6. The van der Waals surface area contributed by atoms with E-state index in [0.717, 1.165) is 19.3 Å². The van der Waals surface area contributed by atoms with Gasteiger partial charge in [0.25, 0.3) is 5.91 Å². The summed E-state index contributed by atoms with van der Waals surface area (Å²) in [5.41, 5.74) is 0. The summed E-state index contributed by atoms with van der Waals surface area (Å²) in [4.78, 5) is 52.0. The predicted octanol–water partition coefficient (Wildman–Crippen LogP) is 1.30. The van der Waals surface area contributed by atoms with Gasteiger partial charge >= 0.3 is 0 Å². The van der Waals surface area contributed by atoms with Crippen LogP contribution >= 0.6 is 0 Å². The summed E-state index contributed by atoms with van der Waals surface area (Å²) >= 11 is 0. The number of likely N-dealkylation sites (tertiary alicyclic amines) is 1. The van der Waals surface area contributed by atoms with Crippen LogP contribution in [-0.2, 0) is 19.2 Å². The highest BCUT2D eigenvalue weighted by molar-refractivity contribution is 5.91. The van der Waals surface area contributed by atoms with E-state index in [9.17, 15) is 19.2 Å². The third-order valence-electron chi connectivity index (χ3n) is 7.36. The normalized spacial score (nSPS) is 27.5. The molecule has 2 saturated heterocycles. The van der Waals surface area contributed by atoms with E-state index in [-0.39, 0.29) is 41.9 Å². The molecule has 1 saturated carbocycles. The Labute approximate surface area is 199 Å². The summed E-state index contributed by atoms with van der Waals surface area (Å²) in [6.45, 7) is 2.78. The highest BCUT2D eigenvalue weighted by Gasteiger charge is 2.50. The molecular weight excluding hydrogens is 438 g/mol. The van der Waals surface area contributed by atoms with Gasteiger partial charge in [-0.3, -0.25) is 14.4 Å². The molecule has 34 heavy (non-hydrogen) atoms. The minimum Gasteiger partial charge on any atom is -0.497 e. The van der Waals surface area contributed by atoms with Crippen molar-refractivity contribution in [2.24, 2.45) is 17.8 Å². The number of rotatable bonds is 9. The Balaban J connectivity index is 1.44. The number of carbonyl (C=O) groups excluding carboxylic acids is 4. The fraction of sp³-hybridized carbons (Fsp3) is 0.600. The Morgan fingerprint density at radius 1 is 1.21 bits per heavy atom. The first-order valence-electron chi connectivity index (χ1n) is 12.1. The SMILES string of the molecule is COc1ccc(OC(C)C(=O)N2CC3CCCC3[C@@H]2C(=O)N[C@H](C=O)C[C@@H]2CCNC2=O)cc1. The maximum atomic E-state index is 13.4. The molecule has 0 bridgehead atoms. The number of hydrogen-bond donors (Lipinski definition) is 2. The van der Waals surface area contributed by atoms with Gasteiger partial charge in [0.1, 0.15) is 23.8 Å². The lowest BCUT2D eigenvalue weighted by Gasteiger charge is -2.30. The first-order valence-corrected chi connectivity index (χ1v) is 12.1. The second kappa shape index (κ2) is 10.4. The summed E-state index contributed by atoms with van der Waals surface area (Å²) in [6, 6.07) is 5.59. The molecule has 3 fully saturated rings. The van der Waals surface area contributed by atoms with Crippen LogP contribution in [-0.4, -0.2) is 67.3 Å². The summed E-state index contributed by atoms with van der Waals surface area (Å²) in [5, 5.41) is 5.58. The first kappa shape index (κ1) is 24.0. The van der Waals surface area contributed by atoms with Crippen LogP contribution in [0.1, 0.15) is 39.0 Å². The number of amides is 3. The molecule has 9 heteroatoms. The molecule has 0 aromatic heterocycles. The van der Waals surface area contributed by atoms with Gasteiger partial charge in [0, 0.05) is 19.0 Å². The number of methoxy groups -OCH3 is 1. The first-order chi connectivity index (χ1) is 16.4. The topological polar surface area (TPSA) is 114 Å². The zero-order valence-corrected chi connectivity index (χ0v) is 19.7. The predicted molar refractivity (Wildman–Crippen MR) is 123 cm³/mol. The third kappa shape index (κ3) is 5.03. The molecule has 0 spiro atoms. The molecule has 2 heterocycles. The highest BCUT2D eigenvalue weighted by atomic mass is 16.5. The fourth-order valence-corrected chi connectivity index (χ4v) is 5.60. The van der Waals surface area contributed by atoms with Crippen LogP contribution in [0.5, 0.6) is 11.5 Å². The molecule has 9 nitrogen and oxygen atoms in total. The quantitative estimate of drug-likeness (QED) is 0.525. The van der Waals surface area contributed by atoms with Gasteiger partial charge in [-0.15, -0.1) is 0 Å². The van der Waals surface area contributed by atoms with E-state index < -0.39 is 18.2 Å². The monoisotopic (exact) mass is 471 g/mol. The summed E-state index contributed by atoms with van der Waals surface area (Å²) in [5.74, 6) is 0.627. The van der Waals surface area contributed by atoms with E-state index >= 15 is 0 Å². The lowest BCUT2D eigenvalue weighted by atomic mass is 9.92. The van der Waals surface area contributed by atoms with Crippen molar-refractivity contribution >= 4 is 24.0 Å². The number of hydrogen-bond acceptors (Lipinski definition) is 6. The van der Waals surface area contributed by atoms with E-state index in [1.807, 2.05) is 0 Å². The minimum absolute atomic E-state index is 0.0687. The molecule has 1 aromatic rings. The van der Waals surface area contributed by atoms with Crippen molar-refractivity contribution in [3.8, 4) is 11.5 Å². The summed E-state index contributed by atoms with van der Waals surface area (Å²) in [6.07, 6.45) is 3.71. The molecule has 4 rings (SSSR count). The van der Waals surface area contributed by atoms with E-state index in [1.54, 1.807) is 43.2 Å². The highest BCUT2D eigenvalue weighted by Crippen LogP contribution is 2.42. The Bertz CT molecular complexity index is 920. The number of aldehydes is 1. The Hall–Kier alpha value is -3.10. The number of carbonyl (C=O) groups is 4. The molecule has 3 amide bonds. The van der Waals surface area contributed by atoms with Crippen LogP contribution in [0.2, 0.25) is 0 Å². The molecule has 0 radical (unpaired) electrons. The largest absolute Gasteiger partial charge is 0.497 e. The Morgan fingerprint density at radius 3 is 2.59 bits per heavy atom. The maximum Gasteiger partial charge on any atom is 0.264 e. The number of ether oxygens (including phenoxy) is 2. The van der Waals surface area contributed by atoms with Gasteiger partial charge in [0.15, 0.2) is 6.10 Å². The average Bonchev–Trinajstić information content (AvgIpc) is 3.54. The van der Waals surface area contributed by atoms with Gasteiger partial charge < -0.3 is 29.8 Å². The van der Waals surface area contributed by atoms with E-state index in [2.05, 4.69) is 10.6 Å². The van der Waals surface area contributed by atoms with Crippen LogP contribution in [0, 0.1) is 17.8 Å². The second-order valence-electron chi connectivity index (χ2n) is 9.49. The number of benzene rings is 1. The average molecular weight is 472 g/mol. The second-order valence-corrected chi connectivity index (χ2v) is 9.49. The van der Waals surface area contributed by atoms with Crippen molar-refractivity contribution in [2.75, 3.05) is 20.2 Å². The standard InChI is InChI=1S/C25H33N3O6/c1-15(34-20-8-6-19(33-2)7-9-20)25(32)28-13-17-4-3-5-21(17)22(28)24(31)27-18(14-29)12-16-10-11-26-23(16)30/h6-9,14-18,21-22H,3-5,10-13H2,1-2H3,(H,26,30)(H,27,31)/t15?,16-,17?,18-,21?,22+/m0/s1. The molecule has 2 aliphatic heterocycles. The lowest BCUT2D eigenvalue weighted by Crippen LogP contribution is -2.54. The van der Waals surface area contributed by atoms with E-state index in [1.165, 1.54) is 0 Å². The molecule has 6 atom stereocenters. The number of fused-ring (bicyclic) bond motifs is 1. The van der Waals surface area contributed by atoms with Gasteiger partial charge in [-0.2, -0.15) is 0 Å². The Morgan fingerprint density at radius 2 is 1.94 bits per heavy atom. The van der Waals surface area contributed by atoms with Crippen LogP contribution in [0.4, 0.5) is 0 Å². The minimum atomic E-state index is -0.772. The molecule has 3 aliphatic rings. The van der Waals surface area contributed by atoms with Gasteiger partial charge in [0.2, 0.25) is 11.8 Å². The van der Waals surface area contributed by atoms with E-state index in [0.29, 0.717) is 37.3 Å². The van der Waals surface area contributed by atoms with Crippen molar-refractivity contribution in [1.82, 2.24) is 15.5 Å². The summed E-state index contributed by atoms with van der Waals surface area (Å²) in [7, 11) is 1.58. The van der Waals surface area contributed by atoms with Crippen LogP contribution in [0.15, 0.2) is 24.3 Å². The third-order valence-corrected chi connectivity index (χ3v) is 7.36. The van der Waals surface area contributed by atoms with Crippen LogP contribution < -0.4 is 20.1 Å². The Kier molecular flexibility index (Phi) is 7.38. The molecule has 1 aromatic carbocycles. The van der Waals surface area contributed by atoms with Crippen molar-refractivity contribution in [3.05, 3.63) is 24.3 Å².